The molecule has 0 N–H and O–H groups in total. The Morgan fingerprint density at radius 3 is 2.16 bits per heavy atom. The zero-order valence-corrected chi connectivity index (χ0v) is 11.1. The van der Waals surface area contributed by atoms with Gasteiger partial charge in [-0.3, -0.25) is 9.59 Å². The summed E-state index contributed by atoms with van der Waals surface area (Å²) in [5, 5.41) is 0. The Kier molecular flexibility index (Phi) is 6.43. The van der Waals surface area contributed by atoms with Crippen molar-refractivity contribution < 1.29 is 23.8 Å². The largest absolute Gasteiger partial charge is 0.494 e. The van der Waals surface area contributed by atoms with Crippen molar-refractivity contribution in [1.82, 2.24) is 0 Å². The molecular formula is C14H18O5. The first-order valence-electron chi connectivity index (χ1n) is 6.02. The lowest BCUT2D eigenvalue weighted by molar-refractivity contribution is -0.159. The molecule has 5 heteroatoms. The second kappa shape index (κ2) is 8.13. The lowest BCUT2D eigenvalue weighted by Gasteiger charge is -2.12. The maximum atomic E-state index is 11.4. The predicted octanol–water partition coefficient (Wildman–Crippen LogP) is 1.81. The predicted molar refractivity (Wildman–Crippen MR) is 68.7 cm³/mol. The normalized spacial score (nSPS) is 10.1. The van der Waals surface area contributed by atoms with E-state index < -0.39 is 17.9 Å². The molecule has 104 valence electrons. The maximum absolute atomic E-state index is 11.4. The van der Waals surface area contributed by atoms with Crippen LogP contribution in [-0.4, -0.2) is 32.8 Å². The number of benzene rings is 1. The number of carbonyl (C=O) groups excluding carboxylic acids is 2. The van der Waals surface area contributed by atoms with Gasteiger partial charge in [-0.15, -0.1) is 0 Å². The van der Waals surface area contributed by atoms with E-state index in [1.54, 1.807) is 0 Å². The Bertz CT molecular complexity index is 386. The highest BCUT2D eigenvalue weighted by atomic mass is 16.5. The van der Waals surface area contributed by atoms with Crippen LogP contribution in [0.25, 0.3) is 0 Å². The average molecular weight is 266 g/mol. The summed E-state index contributed by atoms with van der Waals surface area (Å²) in [6.45, 7) is 0.425. The number of hydrogen-bond donors (Lipinski definition) is 0. The van der Waals surface area contributed by atoms with Gasteiger partial charge < -0.3 is 14.2 Å². The van der Waals surface area contributed by atoms with E-state index in [1.165, 1.54) is 14.2 Å². The molecule has 0 aliphatic rings. The Hall–Kier alpha value is -2.04. The topological polar surface area (TPSA) is 61.8 Å². The van der Waals surface area contributed by atoms with E-state index in [-0.39, 0.29) is 0 Å². The summed E-state index contributed by atoms with van der Waals surface area (Å²) < 4.78 is 14.6. The van der Waals surface area contributed by atoms with Gasteiger partial charge in [-0.25, -0.2) is 0 Å². The van der Waals surface area contributed by atoms with Crippen molar-refractivity contribution >= 4 is 11.9 Å². The minimum Gasteiger partial charge on any atom is -0.494 e. The van der Waals surface area contributed by atoms with Crippen LogP contribution in [0.2, 0.25) is 0 Å². The van der Waals surface area contributed by atoms with Gasteiger partial charge in [0.2, 0.25) is 0 Å². The van der Waals surface area contributed by atoms with Crippen LogP contribution in [0.5, 0.6) is 5.75 Å². The van der Waals surface area contributed by atoms with Gasteiger partial charge in [-0.2, -0.15) is 0 Å². The molecule has 0 saturated carbocycles. The molecule has 0 saturated heterocycles. The number of methoxy groups -OCH3 is 2. The minimum absolute atomic E-state index is 0.339. The quantitative estimate of drug-likeness (QED) is 0.428. The highest BCUT2D eigenvalue weighted by Gasteiger charge is 2.27. The fraction of sp³-hybridized carbons (Fsp3) is 0.429. The first kappa shape index (κ1) is 15.0. The van der Waals surface area contributed by atoms with Crippen LogP contribution in [0.15, 0.2) is 30.3 Å². The van der Waals surface area contributed by atoms with E-state index >= 15 is 0 Å². The van der Waals surface area contributed by atoms with Crippen molar-refractivity contribution in [2.45, 2.75) is 12.8 Å². The molecule has 0 bridgehead atoms. The molecule has 0 aliphatic carbocycles. The van der Waals surface area contributed by atoms with Crippen molar-refractivity contribution in [1.29, 1.82) is 0 Å². The molecule has 0 aromatic heterocycles. The van der Waals surface area contributed by atoms with Gasteiger partial charge in [0.05, 0.1) is 20.8 Å². The van der Waals surface area contributed by atoms with Crippen LogP contribution in [0.4, 0.5) is 0 Å². The average Bonchev–Trinajstić information content (AvgIpc) is 2.47. The van der Waals surface area contributed by atoms with Crippen LogP contribution < -0.4 is 4.74 Å². The number of rotatable bonds is 7. The number of para-hydroxylation sites is 1. The minimum atomic E-state index is -0.880. The van der Waals surface area contributed by atoms with Crippen LogP contribution in [0.3, 0.4) is 0 Å². The maximum Gasteiger partial charge on any atom is 0.320 e. The molecule has 0 spiro atoms. The number of hydrogen-bond acceptors (Lipinski definition) is 5. The fourth-order valence-corrected chi connectivity index (χ4v) is 1.61. The summed E-state index contributed by atoms with van der Waals surface area (Å²) in [5.41, 5.74) is 0. The van der Waals surface area contributed by atoms with Gasteiger partial charge in [-0.05, 0) is 25.0 Å². The number of carbonyl (C=O) groups is 2. The summed E-state index contributed by atoms with van der Waals surface area (Å²) in [6, 6.07) is 9.34. The molecule has 0 radical (unpaired) electrons. The molecule has 0 unspecified atom stereocenters. The Labute approximate surface area is 112 Å². The summed E-state index contributed by atoms with van der Waals surface area (Å²) >= 11 is 0. The zero-order valence-electron chi connectivity index (χ0n) is 11.1. The van der Waals surface area contributed by atoms with Crippen LogP contribution in [0, 0.1) is 5.92 Å². The molecule has 1 aromatic rings. The lowest BCUT2D eigenvalue weighted by atomic mass is 10.0. The van der Waals surface area contributed by atoms with E-state index in [2.05, 4.69) is 9.47 Å². The van der Waals surface area contributed by atoms with Crippen molar-refractivity contribution in [2.75, 3.05) is 20.8 Å². The molecule has 1 aromatic carbocycles. The van der Waals surface area contributed by atoms with E-state index in [1.807, 2.05) is 30.3 Å². The van der Waals surface area contributed by atoms with Gasteiger partial charge >= 0.3 is 11.9 Å². The first-order valence-corrected chi connectivity index (χ1v) is 6.02. The first-order chi connectivity index (χ1) is 9.19. The molecule has 0 aliphatic heterocycles. The highest BCUT2D eigenvalue weighted by molar-refractivity contribution is 5.94. The third kappa shape index (κ3) is 4.99. The van der Waals surface area contributed by atoms with E-state index in [0.717, 1.165) is 5.75 Å². The van der Waals surface area contributed by atoms with E-state index in [9.17, 15) is 9.59 Å². The van der Waals surface area contributed by atoms with Gasteiger partial charge in [0.15, 0.2) is 5.92 Å². The molecule has 0 fully saturated rings. The molecule has 1 rings (SSSR count). The second-order valence-corrected chi connectivity index (χ2v) is 3.90. The van der Waals surface area contributed by atoms with E-state index in [0.29, 0.717) is 19.4 Å². The second-order valence-electron chi connectivity index (χ2n) is 3.90. The summed E-state index contributed by atoms with van der Waals surface area (Å²) in [4.78, 5) is 22.8. The Balaban J connectivity index is 2.36. The SMILES string of the molecule is COC(=O)C(CCCOc1ccccc1)C(=O)OC. The summed E-state index contributed by atoms with van der Waals surface area (Å²) in [6.07, 6.45) is 0.899. The lowest BCUT2D eigenvalue weighted by Crippen LogP contribution is -2.26. The summed E-state index contributed by atoms with van der Waals surface area (Å²) in [7, 11) is 2.50. The van der Waals surface area contributed by atoms with Gasteiger partial charge in [0.1, 0.15) is 5.75 Å². The molecule has 19 heavy (non-hydrogen) atoms. The van der Waals surface area contributed by atoms with Gasteiger partial charge in [0, 0.05) is 0 Å². The van der Waals surface area contributed by atoms with Crippen LogP contribution in [-0.2, 0) is 19.1 Å². The standard InChI is InChI=1S/C14H18O5/c1-17-13(15)12(14(16)18-2)9-6-10-19-11-7-4-3-5-8-11/h3-5,7-8,12H,6,9-10H2,1-2H3. The van der Waals surface area contributed by atoms with E-state index in [4.69, 9.17) is 4.74 Å². The third-order valence-electron chi connectivity index (χ3n) is 2.62. The number of ether oxygens (including phenoxy) is 3. The molecule has 5 nitrogen and oxygen atoms in total. The van der Waals surface area contributed by atoms with Crippen molar-refractivity contribution in [3.8, 4) is 5.75 Å². The molecule has 0 heterocycles. The third-order valence-corrected chi connectivity index (χ3v) is 2.62. The Morgan fingerprint density at radius 1 is 1.05 bits per heavy atom. The van der Waals surface area contributed by atoms with Gasteiger partial charge in [-0.1, -0.05) is 18.2 Å². The monoisotopic (exact) mass is 266 g/mol. The van der Waals surface area contributed by atoms with Gasteiger partial charge in [0.25, 0.3) is 0 Å². The fourth-order valence-electron chi connectivity index (χ4n) is 1.61. The summed E-state index contributed by atoms with van der Waals surface area (Å²) in [5.74, 6) is -1.28. The highest BCUT2D eigenvalue weighted by Crippen LogP contribution is 2.13. The van der Waals surface area contributed by atoms with Crippen molar-refractivity contribution in [3.05, 3.63) is 30.3 Å². The van der Waals surface area contributed by atoms with Crippen LogP contribution >= 0.6 is 0 Å². The molecular weight excluding hydrogens is 248 g/mol. The van der Waals surface area contributed by atoms with Crippen molar-refractivity contribution in [2.24, 2.45) is 5.92 Å². The molecule has 0 atom stereocenters. The Morgan fingerprint density at radius 2 is 1.63 bits per heavy atom. The smallest absolute Gasteiger partial charge is 0.320 e. The molecule has 0 amide bonds. The van der Waals surface area contributed by atoms with Crippen molar-refractivity contribution in [3.63, 3.8) is 0 Å². The zero-order chi connectivity index (χ0) is 14.1. The van der Waals surface area contributed by atoms with Crippen LogP contribution in [0.1, 0.15) is 12.8 Å². The number of esters is 2.